The monoisotopic (exact) mass is 409 g/mol. The highest BCUT2D eigenvalue weighted by atomic mass is 16.6. The van der Waals surface area contributed by atoms with E-state index >= 15 is 0 Å². The number of nitrogens with one attached hydrogen (secondary N) is 1. The number of nitro benzene ring substituents is 1. The molecule has 0 saturated carbocycles. The van der Waals surface area contributed by atoms with Gasteiger partial charge >= 0.3 is 0 Å². The van der Waals surface area contributed by atoms with Crippen molar-refractivity contribution in [1.82, 2.24) is 4.98 Å². The van der Waals surface area contributed by atoms with Crippen LogP contribution in [0.25, 0.3) is 0 Å². The van der Waals surface area contributed by atoms with Gasteiger partial charge in [0.1, 0.15) is 6.20 Å². The lowest BCUT2D eigenvalue weighted by Gasteiger charge is -2.10. The number of aromatic nitrogens is 1. The number of methoxy groups -OCH3 is 1. The summed E-state index contributed by atoms with van der Waals surface area (Å²) in [5.41, 5.74) is 3.92. The number of benzene rings is 2. The normalized spacial score (nSPS) is 10.6. The number of non-ortho nitro benzene ring substituents is 1. The maximum Gasteiger partial charge on any atom is 0.287 e. The molecule has 0 unspecified atom stereocenters. The number of pyridine rings is 1. The summed E-state index contributed by atoms with van der Waals surface area (Å²) in [6, 6.07) is 13.6. The fourth-order valence-corrected chi connectivity index (χ4v) is 2.34. The molecule has 152 valence electrons. The molecule has 0 amide bonds. The Morgan fingerprint density at radius 1 is 0.967 bits per heavy atom. The molecule has 0 aliphatic rings. The summed E-state index contributed by atoms with van der Waals surface area (Å²) in [6.45, 7) is 0. The van der Waals surface area contributed by atoms with Crippen molar-refractivity contribution in [3.8, 4) is 17.4 Å². The fourth-order valence-electron chi connectivity index (χ4n) is 2.34. The minimum absolute atomic E-state index is 0.00707. The van der Waals surface area contributed by atoms with Crippen molar-refractivity contribution in [2.24, 2.45) is 5.10 Å². The minimum Gasteiger partial charge on any atom is -0.493 e. The molecular formula is C19H15N5O6. The molecular weight excluding hydrogens is 394 g/mol. The van der Waals surface area contributed by atoms with Crippen LogP contribution in [0.3, 0.4) is 0 Å². The summed E-state index contributed by atoms with van der Waals surface area (Å²) in [5, 5.41) is 25.4. The Morgan fingerprint density at radius 3 is 2.27 bits per heavy atom. The number of nitro groups is 2. The van der Waals surface area contributed by atoms with E-state index in [0.29, 0.717) is 22.7 Å². The fraction of sp³-hybridized carbons (Fsp3) is 0.0526. The van der Waals surface area contributed by atoms with Crippen LogP contribution in [0.4, 0.5) is 17.1 Å². The van der Waals surface area contributed by atoms with Crippen molar-refractivity contribution in [2.75, 3.05) is 12.5 Å². The Bertz CT molecular complexity index is 1080. The molecule has 30 heavy (non-hydrogen) atoms. The van der Waals surface area contributed by atoms with Crippen molar-refractivity contribution >= 4 is 23.3 Å². The molecule has 0 bridgehead atoms. The minimum atomic E-state index is -0.545. The number of hydrogen-bond donors (Lipinski definition) is 1. The van der Waals surface area contributed by atoms with Crippen LogP contribution in [0.2, 0.25) is 0 Å². The van der Waals surface area contributed by atoms with Crippen LogP contribution in [0.5, 0.6) is 17.4 Å². The van der Waals surface area contributed by atoms with Crippen molar-refractivity contribution in [1.29, 1.82) is 0 Å². The summed E-state index contributed by atoms with van der Waals surface area (Å²) >= 11 is 0. The lowest BCUT2D eigenvalue weighted by atomic mass is 10.2. The zero-order valence-electron chi connectivity index (χ0n) is 15.6. The highest BCUT2D eigenvalue weighted by Gasteiger charge is 2.10. The molecule has 11 heteroatoms. The molecule has 3 aromatic rings. The van der Waals surface area contributed by atoms with Crippen molar-refractivity contribution in [2.45, 2.75) is 0 Å². The number of nitrogens with zero attached hydrogens (tertiary/aromatic N) is 4. The van der Waals surface area contributed by atoms with Gasteiger partial charge in [-0.2, -0.15) is 5.10 Å². The molecule has 3 rings (SSSR count). The smallest absolute Gasteiger partial charge is 0.287 e. The molecule has 0 spiro atoms. The van der Waals surface area contributed by atoms with Gasteiger partial charge in [-0.25, -0.2) is 4.98 Å². The third-order valence-corrected chi connectivity index (χ3v) is 3.82. The maximum atomic E-state index is 10.7. The van der Waals surface area contributed by atoms with Gasteiger partial charge in [-0.15, -0.1) is 0 Å². The molecule has 0 radical (unpaired) electrons. The molecule has 0 atom stereocenters. The summed E-state index contributed by atoms with van der Waals surface area (Å²) in [4.78, 5) is 24.2. The summed E-state index contributed by atoms with van der Waals surface area (Å²) in [7, 11) is 1.47. The molecule has 1 N–H and O–H groups in total. The van der Waals surface area contributed by atoms with Crippen molar-refractivity contribution < 1.29 is 19.3 Å². The van der Waals surface area contributed by atoms with Gasteiger partial charge in [-0.1, -0.05) is 0 Å². The van der Waals surface area contributed by atoms with E-state index in [9.17, 15) is 20.2 Å². The molecule has 0 fully saturated rings. The Balaban J connectivity index is 1.67. The summed E-state index contributed by atoms with van der Waals surface area (Å²) in [5.74, 6) is 0.967. The number of ether oxygens (including phenoxy) is 2. The average Bonchev–Trinajstić information content (AvgIpc) is 2.75. The van der Waals surface area contributed by atoms with Crippen LogP contribution in [0.1, 0.15) is 5.56 Å². The van der Waals surface area contributed by atoms with Gasteiger partial charge < -0.3 is 9.47 Å². The topological polar surface area (TPSA) is 142 Å². The second kappa shape index (κ2) is 9.10. The van der Waals surface area contributed by atoms with Gasteiger partial charge in [0.25, 0.3) is 11.4 Å². The second-order valence-electron chi connectivity index (χ2n) is 5.80. The van der Waals surface area contributed by atoms with Gasteiger partial charge in [0.2, 0.25) is 5.88 Å². The largest absolute Gasteiger partial charge is 0.493 e. The zero-order valence-corrected chi connectivity index (χ0v) is 15.6. The standard InChI is InChI=1S/C19H15N5O6/c1-29-18-10-13(11-21-22-14-3-5-15(6-4-14)23(25)26)2-8-17(18)30-19-9-7-16(12-20-19)24(27)28/h2-12,22H,1H3/b21-11-. The first-order chi connectivity index (χ1) is 14.5. The van der Waals surface area contributed by atoms with E-state index in [0.717, 1.165) is 6.20 Å². The Labute approximate surface area is 169 Å². The molecule has 0 aliphatic carbocycles. The second-order valence-corrected chi connectivity index (χ2v) is 5.80. The number of anilines is 1. The van der Waals surface area contributed by atoms with Gasteiger partial charge in [0.05, 0.1) is 28.9 Å². The Hall–Kier alpha value is -4.54. The van der Waals surface area contributed by atoms with Crippen LogP contribution in [0, 0.1) is 20.2 Å². The van der Waals surface area contributed by atoms with E-state index in [4.69, 9.17) is 9.47 Å². The van der Waals surface area contributed by atoms with E-state index < -0.39 is 9.85 Å². The van der Waals surface area contributed by atoms with Crippen molar-refractivity contribution in [3.05, 3.63) is 86.6 Å². The van der Waals surface area contributed by atoms with Gasteiger partial charge in [0.15, 0.2) is 11.5 Å². The zero-order chi connectivity index (χ0) is 21.5. The molecule has 0 aliphatic heterocycles. The Kier molecular flexibility index (Phi) is 6.13. The van der Waals surface area contributed by atoms with Gasteiger partial charge in [0, 0.05) is 24.3 Å². The average molecular weight is 409 g/mol. The predicted molar refractivity (Wildman–Crippen MR) is 108 cm³/mol. The van der Waals surface area contributed by atoms with Crippen LogP contribution >= 0.6 is 0 Å². The molecule has 1 aromatic heterocycles. The first-order valence-corrected chi connectivity index (χ1v) is 8.46. The van der Waals surface area contributed by atoms with Crippen molar-refractivity contribution in [3.63, 3.8) is 0 Å². The quantitative estimate of drug-likeness (QED) is 0.332. The van der Waals surface area contributed by atoms with Crippen LogP contribution in [0.15, 0.2) is 65.9 Å². The summed E-state index contributed by atoms with van der Waals surface area (Å²) < 4.78 is 10.9. The number of hydrazone groups is 1. The van der Waals surface area contributed by atoms with Gasteiger partial charge in [-0.3, -0.25) is 25.7 Å². The third kappa shape index (κ3) is 5.04. The molecule has 1 heterocycles. The molecule has 11 nitrogen and oxygen atoms in total. The van der Waals surface area contributed by atoms with E-state index in [1.165, 1.54) is 37.6 Å². The maximum absolute atomic E-state index is 10.7. The van der Waals surface area contributed by atoms with Crippen LogP contribution in [-0.4, -0.2) is 28.2 Å². The highest BCUT2D eigenvalue weighted by Crippen LogP contribution is 2.31. The molecule has 0 saturated heterocycles. The SMILES string of the molecule is COc1cc(/C=N\Nc2ccc([N+](=O)[O-])cc2)ccc1Oc1ccc([N+](=O)[O-])cn1. The Morgan fingerprint density at radius 2 is 1.67 bits per heavy atom. The summed E-state index contributed by atoms with van der Waals surface area (Å²) in [6.07, 6.45) is 2.64. The molecule has 2 aromatic carbocycles. The van der Waals surface area contributed by atoms with E-state index in [1.54, 1.807) is 30.3 Å². The first kappa shape index (κ1) is 20.2. The first-order valence-electron chi connectivity index (χ1n) is 8.46. The highest BCUT2D eigenvalue weighted by molar-refractivity contribution is 5.81. The number of hydrogen-bond acceptors (Lipinski definition) is 9. The predicted octanol–water partition coefficient (Wildman–Crippen LogP) is 4.14. The van der Waals surface area contributed by atoms with Gasteiger partial charge in [-0.05, 0) is 35.9 Å². The van der Waals surface area contributed by atoms with E-state index in [2.05, 4.69) is 15.5 Å². The third-order valence-electron chi connectivity index (χ3n) is 3.82. The van der Waals surface area contributed by atoms with Crippen LogP contribution < -0.4 is 14.9 Å². The van der Waals surface area contributed by atoms with E-state index in [1.807, 2.05) is 0 Å². The number of rotatable bonds is 8. The van der Waals surface area contributed by atoms with Crippen LogP contribution in [-0.2, 0) is 0 Å². The lowest BCUT2D eigenvalue weighted by molar-refractivity contribution is -0.385. The lowest BCUT2D eigenvalue weighted by Crippen LogP contribution is -1.96. The van der Waals surface area contributed by atoms with E-state index in [-0.39, 0.29) is 17.3 Å².